The molecule has 0 radical (unpaired) electrons. The van der Waals surface area contributed by atoms with Gasteiger partial charge in [-0.3, -0.25) is 4.79 Å². The summed E-state index contributed by atoms with van der Waals surface area (Å²) >= 11 is 10.8. The van der Waals surface area contributed by atoms with Gasteiger partial charge in [-0.05, 0) is 56.4 Å². The Kier molecular flexibility index (Phi) is 4.45. The molecule has 1 aromatic rings. The highest BCUT2D eigenvalue weighted by Gasteiger charge is 2.60. The number of benzene rings is 1. The Hall–Kier alpha value is -0.240. The van der Waals surface area contributed by atoms with Crippen molar-refractivity contribution in [3.05, 3.63) is 28.3 Å². The fraction of sp³-hybridized carbons (Fsp3) is 0.533. The summed E-state index contributed by atoms with van der Waals surface area (Å²) in [4.78, 5) is 12.8. The van der Waals surface area contributed by atoms with E-state index < -0.39 is 6.46 Å². The first-order chi connectivity index (χ1) is 9.17. The number of rotatable bonds is 3. The molecule has 1 fully saturated rings. The SMILES string of the molecule is Cc1cc(Cl)cc(C)c1NC(=O)C1([P+](C)(C)S)CCC1. The molecule has 5 heteroatoms. The molecule has 20 heavy (non-hydrogen) atoms. The Labute approximate surface area is 132 Å². The normalized spacial score (nSPS) is 17.5. The molecule has 2 rings (SSSR count). The van der Waals surface area contributed by atoms with Crippen LogP contribution in [0.15, 0.2) is 12.1 Å². The second kappa shape index (κ2) is 5.51. The van der Waals surface area contributed by atoms with Crippen molar-refractivity contribution in [3.8, 4) is 0 Å². The van der Waals surface area contributed by atoms with Crippen molar-refractivity contribution >= 4 is 41.9 Å². The summed E-state index contributed by atoms with van der Waals surface area (Å²) in [5.41, 5.74) is 2.91. The Bertz CT molecular complexity index is 526. The molecule has 2 nitrogen and oxygen atoms in total. The lowest BCUT2D eigenvalue weighted by Crippen LogP contribution is -2.49. The van der Waals surface area contributed by atoms with Crippen LogP contribution in [-0.2, 0) is 4.79 Å². The third-order valence-corrected chi connectivity index (χ3v) is 8.50. The van der Waals surface area contributed by atoms with Crippen LogP contribution in [0.5, 0.6) is 0 Å². The van der Waals surface area contributed by atoms with E-state index in [0.717, 1.165) is 36.1 Å². The molecule has 0 heterocycles. The third kappa shape index (κ3) is 2.73. The minimum atomic E-state index is -1.53. The molecule has 0 saturated heterocycles. The van der Waals surface area contributed by atoms with Crippen LogP contribution in [0.25, 0.3) is 0 Å². The fourth-order valence-corrected chi connectivity index (χ4v) is 6.04. The van der Waals surface area contributed by atoms with Crippen molar-refractivity contribution < 1.29 is 4.79 Å². The topological polar surface area (TPSA) is 29.1 Å². The van der Waals surface area contributed by atoms with E-state index in [4.69, 9.17) is 23.8 Å². The van der Waals surface area contributed by atoms with E-state index in [0.29, 0.717) is 5.02 Å². The monoisotopic (exact) mass is 330 g/mol. The second-order valence-electron chi connectivity index (χ2n) is 6.15. The number of amides is 1. The van der Waals surface area contributed by atoms with Crippen LogP contribution < -0.4 is 5.32 Å². The van der Waals surface area contributed by atoms with Gasteiger partial charge in [-0.1, -0.05) is 11.6 Å². The summed E-state index contributed by atoms with van der Waals surface area (Å²) in [7, 11) is 0. The average Bonchev–Trinajstić information content (AvgIpc) is 2.19. The first-order valence-electron chi connectivity index (χ1n) is 6.82. The van der Waals surface area contributed by atoms with Gasteiger partial charge in [-0.2, -0.15) is 0 Å². The van der Waals surface area contributed by atoms with E-state index in [1.807, 2.05) is 26.0 Å². The zero-order valence-corrected chi connectivity index (χ0v) is 15.0. The first-order valence-corrected chi connectivity index (χ1v) is 11.0. The van der Waals surface area contributed by atoms with E-state index in [-0.39, 0.29) is 11.1 Å². The van der Waals surface area contributed by atoms with Gasteiger partial charge >= 0.3 is 0 Å². The lowest BCUT2D eigenvalue weighted by Gasteiger charge is -2.43. The van der Waals surface area contributed by atoms with Crippen LogP contribution in [0, 0.1) is 13.8 Å². The van der Waals surface area contributed by atoms with Crippen LogP contribution in [0.1, 0.15) is 30.4 Å². The maximum Gasteiger partial charge on any atom is 0.269 e. The number of halogens is 1. The summed E-state index contributed by atoms with van der Waals surface area (Å²) in [6.07, 6.45) is 3.03. The lowest BCUT2D eigenvalue weighted by atomic mass is 9.83. The number of carbonyl (C=O) groups is 1. The average molecular weight is 331 g/mol. The van der Waals surface area contributed by atoms with Gasteiger partial charge in [-0.25, -0.2) is 0 Å². The van der Waals surface area contributed by atoms with E-state index in [2.05, 4.69) is 18.6 Å². The minimum Gasteiger partial charge on any atom is -0.322 e. The summed E-state index contributed by atoms with van der Waals surface area (Å²) in [6, 6.07) is 3.77. The molecule has 0 spiro atoms. The van der Waals surface area contributed by atoms with E-state index in [1.54, 1.807) is 0 Å². The number of anilines is 1. The minimum absolute atomic E-state index is 0.130. The lowest BCUT2D eigenvalue weighted by molar-refractivity contribution is -0.120. The quantitative estimate of drug-likeness (QED) is 0.596. The van der Waals surface area contributed by atoms with Gasteiger partial charge in [0, 0.05) is 23.0 Å². The Balaban J connectivity index is 2.29. The molecule has 0 bridgehead atoms. The summed E-state index contributed by atoms with van der Waals surface area (Å²) in [5.74, 6) is 0.130. The van der Waals surface area contributed by atoms with E-state index in [9.17, 15) is 4.79 Å². The first kappa shape index (κ1) is 16.1. The molecular formula is C15H22ClNOPS+. The summed E-state index contributed by atoms with van der Waals surface area (Å²) in [5, 5.41) is 3.59. The second-order valence-corrected chi connectivity index (χ2v) is 13.2. The van der Waals surface area contributed by atoms with Gasteiger partial charge < -0.3 is 5.32 Å². The zero-order chi connectivity index (χ0) is 15.1. The van der Waals surface area contributed by atoms with Crippen LogP contribution >= 0.6 is 30.3 Å². The van der Waals surface area contributed by atoms with Crippen molar-refractivity contribution in [2.75, 3.05) is 18.6 Å². The number of thiol groups is 1. The Morgan fingerprint density at radius 2 is 1.80 bits per heavy atom. The Morgan fingerprint density at radius 3 is 2.15 bits per heavy atom. The van der Waals surface area contributed by atoms with Crippen LogP contribution in [0.2, 0.25) is 5.02 Å². The summed E-state index contributed by atoms with van der Waals surface area (Å²) < 4.78 is 0. The maximum atomic E-state index is 12.8. The van der Waals surface area contributed by atoms with Gasteiger partial charge in [-0.15, -0.1) is 0 Å². The fourth-order valence-electron chi connectivity index (χ4n) is 2.87. The van der Waals surface area contributed by atoms with Crippen molar-refractivity contribution in [2.45, 2.75) is 38.3 Å². The van der Waals surface area contributed by atoms with Crippen molar-refractivity contribution in [3.63, 3.8) is 0 Å². The van der Waals surface area contributed by atoms with Crippen LogP contribution in [0.4, 0.5) is 5.69 Å². The molecule has 0 atom stereocenters. The maximum absolute atomic E-state index is 12.8. The predicted molar refractivity (Wildman–Crippen MR) is 93.9 cm³/mol. The van der Waals surface area contributed by atoms with E-state index >= 15 is 0 Å². The standard InChI is InChI=1S/C15H21ClNOPS/c1-10-8-12(16)9-11(2)13(10)17-14(18)15(6-5-7-15)19(3,4)20/h8-9,20H,5-7H2,1-4H3/p+1. The van der Waals surface area contributed by atoms with Crippen molar-refractivity contribution in [1.82, 2.24) is 0 Å². The number of aryl methyl sites for hydroxylation is 2. The number of hydrogen-bond acceptors (Lipinski definition) is 2. The molecule has 1 amide bonds. The Morgan fingerprint density at radius 1 is 1.30 bits per heavy atom. The third-order valence-electron chi connectivity index (χ3n) is 4.39. The smallest absolute Gasteiger partial charge is 0.269 e. The molecule has 0 unspecified atom stereocenters. The van der Waals surface area contributed by atoms with Gasteiger partial charge in [0.15, 0.2) is 5.16 Å². The van der Waals surface area contributed by atoms with Crippen molar-refractivity contribution in [1.29, 1.82) is 0 Å². The van der Waals surface area contributed by atoms with Crippen LogP contribution in [-0.4, -0.2) is 24.4 Å². The van der Waals surface area contributed by atoms with Gasteiger partial charge in [0.05, 0.1) is 19.8 Å². The summed E-state index contributed by atoms with van der Waals surface area (Å²) in [6.45, 7) is 6.69. The van der Waals surface area contributed by atoms with E-state index in [1.165, 1.54) is 0 Å². The number of hydrogen-bond donors (Lipinski definition) is 2. The van der Waals surface area contributed by atoms with Gasteiger partial charge in [0.1, 0.15) is 0 Å². The molecule has 110 valence electrons. The molecule has 1 aliphatic rings. The van der Waals surface area contributed by atoms with Crippen molar-refractivity contribution in [2.24, 2.45) is 0 Å². The molecule has 0 aliphatic heterocycles. The predicted octanol–water partition coefficient (Wildman–Crippen LogP) is 4.94. The van der Waals surface area contributed by atoms with Gasteiger partial charge in [0.25, 0.3) is 5.91 Å². The highest BCUT2D eigenvalue weighted by atomic mass is 35.5. The molecule has 1 N–H and O–H groups in total. The largest absolute Gasteiger partial charge is 0.322 e. The van der Waals surface area contributed by atoms with Crippen LogP contribution in [0.3, 0.4) is 0 Å². The molecule has 1 saturated carbocycles. The number of carbonyl (C=O) groups excluding carboxylic acids is 1. The highest BCUT2D eigenvalue weighted by Crippen LogP contribution is 2.73. The molecular weight excluding hydrogens is 309 g/mol. The molecule has 1 aromatic carbocycles. The molecule has 0 aromatic heterocycles. The zero-order valence-electron chi connectivity index (χ0n) is 12.5. The number of nitrogens with one attached hydrogen (secondary N) is 1. The van der Waals surface area contributed by atoms with Gasteiger partial charge in [0.2, 0.25) is 0 Å². The highest BCUT2D eigenvalue weighted by molar-refractivity contribution is 8.53. The molecule has 1 aliphatic carbocycles.